The SMILES string of the molecule is Cc1ccc(SNCc2ccccc2Br)cc1. The van der Waals surface area contributed by atoms with Crippen molar-refractivity contribution in [3.05, 3.63) is 64.1 Å². The lowest BCUT2D eigenvalue weighted by Crippen LogP contribution is -2.03. The molecule has 0 aliphatic rings. The molecule has 0 aromatic heterocycles. The van der Waals surface area contributed by atoms with E-state index in [1.165, 1.54) is 16.0 Å². The van der Waals surface area contributed by atoms with E-state index in [0.717, 1.165) is 11.0 Å². The Bertz CT molecular complexity index is 482. The highest BCUT2D eigenvalue weighted by molar-refractivity contribution is 9.10. The molecule has 0 atom stereocenters. The van der Waals surface area contributed by atoms with Gasteiger partial charge in [0.05, 0.1) is 0 Å². The lowest BCUT2D eigenvalue weighted by Gasteiger charge is -2.06. The third-order valence-corrected chi connectivity index (χ3v) is 4.00. The fraction of sp³-hybridized carbons (Fsp3) is 0.143. The first-order valence-electron chi connectivity index (χ1n) is 5.45. The minimum atomic E-state index is 0.847. The summed E-state index contributed by atoms with van der Waals surface area (Å²) >= 11 is 5.20. The number of hydrogen-bond acceptors (Lipinski definition) is 2. The zero-order chi connectivity index (χ0) is 12.1. The maximum Gasteiger partial charge on any atom is 0.0324 e. The largest absolute Gasteiger partial charge is 0.255 e. The summed E-state index contributed by atoms with van der Waals surface area (Å²) in [4.78, 5) is 1.24. The Balaban J connectivity index is 1.88. The van der Waals surface area contributed by atoms with E-state index in [9.17, 15) is 0 Å². The zero-order valence-electron chi connectivity index (χ0n) is 9.61. The van der Waals surface area contributed by atoms with Crippen molar-refractivity contribution in [2.24, 2.45) is 0 Å². The molecule has 0 unspecified atom stereocenters. The lowest BCUT2D eigenvalue weighted by atomic mass is 10.2. The van der Waals surface area contributed by atoms with Gasteiger partial charge in [0.25, 0.3) is 0 Å². The van der Waals surface area contributed by atoms with E-state index in [1.54, 1.807) is 11.9 Å². The molecule has 0 radical (unpaired) electrons. The highest BCUT2D eigenvalue weighted by Crippen LogP contribution is 2.19. The summed E-state index contributed by atoms with van der Waals surface area (Å²) in [5.74, 6) is 0. The molecule has 3 heteroatoms. The summed E-state index contributed by atoms with van der Waals surface area (Å²) < 4.78 is 4.51. The number of benzene rings is 2. The monoisotopic (exact) mass is 307 g/mol. The number of aryl methyl sites for hydroxylation is 1. The van der Waals surface area contributed by atoms with Crippen LogP contribution in [0.1, 0.15) is 11.1 Å². The molecule has 0 heterocycles. The van der Waals surface area contributed by atoms with Crippen molar-refractivity contribution in [2.75, 3.05) is 0 Å². The standard InChI is InChI=1S/C14H14BrNS/c1-11-6-8-13(9-7-11)17-16-10-12-4-2-3-5-14(12)15/h2-9,16H,10H2,1H3. The minimum absolute atomic E-state index is 0.847. The van der Waals surface area contributed by atoms with E-state index in [-0.39, 0.29) is 0 Å². The van der Waals surface area contributed by atoms with Crippen LogP contribution < -0.4 is 4.72 Å². The van der Waals surface area contributed by atoms with Crippen LogP contribution in [0.2, 0.25) is 0 Å². The molecule has 0 fully saturated rings. The van der Waals surface area contributed by atoms with Crippen molar-refractivity contribution in [1.82, 2.24) is 4.72 Å². The van der Waals surface area contributed by atoms with Crippen molar-refractivity contribution in [3.63, 3.8) is 0 Å². The van der Waals surface area contributed by atoms with Gasteiger partial charge in [0.2, 0.25) is 0 Å². The average Bonchev–Trinajstić information content (AvgIpc) is 2.34. The molecule has 2 aromatic carbocycles. The first-order valence-corrected chi connectivity index (χ1v) is 7.06. The molecule has 2 aromatic rings. The van der Waals surface area contributed by atoms with Crippen LogP contribution >= 0.6 is 27.9 Å². The first-order chi connectivity index (χ1) is 8.25. The molecular formula is C14H14BrNS. The molecule has 2 rings (SSSR count). The number of hydrogen-bond donors (Lipinski definition) is 1. The number of halogens is 1. The van der Waals surface area contributed by atoms with Gasteiger partial charge in [0.1, 0.15) is 0 Å². The van der Waals surface area contributed by atoms with Crippen LogP contribution in [-0.4, -0.2) is 0 Å². The summed E-state index contributed by atoms with van der Waals surface area (Å²) in [6, 6.07) is 16.8. The normalized spacial score (nSPS) is 10.5. The Morgan fingerprint density at radius 2 is 1.76 bits per heavy atom. The summed E-state index contributed by atoms with van der Waals surface area (Å²) in [7, 11) is 0. The summed E-state index contributed by atoms with van der Waals surface area (Å²) in [5.41, 5.74) is 2.56. The first kappa shape index (κ1) is 12.7. The van der Waals surface area contributed by atoms with Gasteiger partial charge >= 0.3 is 0 Å². The van der Waals surface area contributed by atoms with E-state index in [0.29, 0.717) is 0 Å². The van der Waals surface area contributed by atoms with Crippen molar-refractivity contribution in [1.29, 1.82) is 0 Å². The van der Waals surface area contributed by atoms with Gasteiger partial charge in [-0.05, 0) is 42.6 Å². The fourth-order valence-corrected chi connectivity index (χ4v) is 2.54. The lowest BCUT2D eigenvalue weighted by molar-refractivity contribution is 0.968. The molecule has 0 spiro atoms. The molecule has 0 aliphatic carbocycles. The van der Waals surface area contributed by atoms with Crippen LogP contribution in [0.5, 0.6) is 0 Å². The van der Waals surface area contributed by atoms with Crippen LogP contribution in [0.15, 0.2) is 57.9 Å². The molecule has 0 saturated carbocycles. The topological polar surface area (TPSA) is 12.0 Å². The quantitative estimate of drug-likeness (QED) is 0.831. The van der Waals surface area contributed by atoms with Gasteiger partial charge in [-0.3, -0.25) is 4.72 Å². The van der Waals surface area contributed by atoms with Crippen LogP contribution in [0, 0.1) is 6.92 Å². The molecule has 1 N–H and O–H groups in total. The molecule has 17 heavy (non-hydrogen) atoms. The molecule has 88 valence electrons. The van der Waals surface area contributed by atoms with Crippen LogP contribution in [0.4, 0.5) is 0 Å². The summed E-state index contributed by atoms with van der Waals surface area (Å²) in [6.45, 7) is 2.95. The Morgan fingerprint density at radius 1 is 1.06 bits per heavy atom. The van der Waals surface area contributed by atoms with Crippen molar-refractivity contribution < 1.29 is 0 Å². The molecule has 0 aliphatic heterocycles. The smallest absolute Gasteiger partial charge is 0.0324 e. The van der Waals surface area contributed by atoms with Gasteiger partial charge in [-0.2, -0.15) is 0 Å². The molecule has 0 amide bonds. The van der Waals surface area contributed by atoms with E-state index in [2.05, 4.69) is 70.0 Å². The van der Waals surface area contributed by atoms with E-state index in [1.807, 2.05) is 6.07 Å². The molecular weight excluding hydrogens is 294 g/mol. The Morgan fingerprint density at radius 3 is 2.47 bits per heavy atom. The van der Waals surface area contributed by atoms with Crippen molar-refractivity contribution in [2.45, 2.75) is 18.4 Å². The minimum Gasteiger partial charge on any atom is -0.255 e. The van der Waals surface area contributed by atoms with Gasteiger partial charge in [0.15, 0.2) is 0 Å². The highest BCUT2D eigenvalue weighted by atomic mass is 79.9. The Labute approximate surface area is 115 Å². The predicted molar refractivity (Wildman–Crippen MR) is 78.0 cm³/mol. The van der Waals surface area contributed by atoms with E-state index >= 15 is 0 Å². The summed E-state index contributed by atoms with van der Waals surface area (Å²) in [5, 5.41) is 0. The maximum atomic E-state index is 3.54. The fourth-order valence-electron chi connectivity index (χ4n) is 1.45. The second kappa shape index (κ2) is 6.24. The van der Waals surface area contributed by atoms with Gasteiger partial charge in [-0.25, -0.2) is 0 Å². The van der Waals surface area contributed by atoms with E-state index in [4.69, 9.17) is 0 Å². The average molecular weight is 308 g/mol. The van der Waals surface area contributed by atoms with E-state index < -0.39 is 0 Å². The van der Waals surface area contributed by atoms with Gasteiger partial charge in [-0.1, -0.05) is 51.8 Å². The summed E-state index contributed by atoms with van der Waals surface area (Å²) in [6.07, 6.45) is 0. The third-order valence-electron chi connectivity index (χ3n) is 2.43. The van der Waals surface area contributed by atoms with Crippen LogP contribution in [0.25, 0.3) is 0 Å². The maximum absolute atomic E-state index is 3.54. The van der Waals surface area contributed by atoms with Crippen molar-refractivity contribution in [3.8, 4) is 0 Å². The Hall–Kier alpha value is -0.770. The van der Waals surface area contributed by atoms with Crippen LogP contribution in [0.3, 0.4) is 0 Å². The van der Waals surface area contributed by atoms with Crippen molar-refractivity contribution >= 4 is 27.9 Å². The Kier molecular flexibility index (Phi) is 4.66. The molecule has 0 bridgehead atoms. The van der Waals surface area contributed by atoms with Gasteiger partial charge < -0.3 is 0 Å². The third kappa shape index (κ3) is 3.87. The van der Waals surface area contributed by atoms with Crippen LogP contribution in [-0.2, 0) is 6.54 Å². The number of rotatable bonds is 4. The zero-order valence-corrected chi connectivity index (χ0v) is 12.0. The second-order valence-electron chi connectivity index (χ2n) is 3.83. The second-order valence-corrected chi connectivity index (χ2v) is 5.65. The number of nitrogens with one attached hydrogen (secondary N) is 1. The van der Waals surface area contributed by atoms with Gasteiger partial charge in [-0.15, -0.1) is 0 Å². The van der Waals surface area contributed by atoms with Gasteiger partial charge in [0, 0.05) is 15.9 Å². The highest BCUT2D eigenvalue weighted by Gasteiger charge is 1.98. The predicted octanol–water partition coefficient (Wildman–Crippen LogP) is 4.55. The molecule has 0 saturated heterocycles. The molecule has 1 nitrogen and oxygen atoms in total.